The largest absolute Gasteiger partial charge is 1.00 e. The van der Waals surface area contributed by atoms with E-state index >= 15 is 0 Å². The fraction of sp³-hybridized carbons (Fsp3) is 0.0526. The zero-order valence-electron chi connectivity index (χ0n) is 23.8. The molecule has 43 heavy (non-hydrogen) atoms. The summed E-state index contributed by atoms with van der Waals surface area (Å²) in [4.78, 5) is 13.5. The number of aromatic nitrogens is 1. The summed E-state index contributed by atoms with van der Waals surface area (Å²) in [5, 5.41) is 1.18. The first-order chi connectivity index (χ1) is 20.6. The number of para-hydroxylation sites is 3. The molecule has 212 valence electrons. The van der Waals surface area contributed by atoms with Crippen LogP contribution in [0, 0.1) is 0 Å². The number of benzene rings is 5. The normalized spacial score (nSPS) is 10.8. The van der Waals surface area contributed by atoms with Gasteiger partial charge in [0.05, 0.1) is 5.39 Å². The number of pyridine rings is 1. The summed E-state index contributed by atoms with van der Waals surface area (Å²) in [7, 11) is 0. The van der Waals surface area contributed by atoms with Crippen LogP contribution in [0.2, 0.25) is 0 Å². The van der Waals surface area contributed by atoms with Crippen LogP contribution in [0.4, 0.5) is 17.1 Å². The van der Waals surface area contributed by atoms with Crippen molar-refractivity contribution in [2.45, 2.75) is 13.5 Å². The van der Waals surface area contributed by atoms with E-state index in [0.717, 1.165) is 39.3 Å². The second-order valence-corrected chi connectivity index (χ2v) is 10.1. The lowest BCUT2D eigenvalue weighted by Gasteiger charge is -2.25. The van der Waals surface area contributed by atoms with Gasteiger partial charge in [-0.1, -0.05) is 72.8 Å². The predicted octanol–water partition coefficient (Wildman–Crippen LogP) is 5.75. The number of fused-ring (bicyclic) bond motifs is 1. The Hall–Kier alpha value is -5.00. The van der Waals surface area contributed by atoms with Gasteiger partial charge in [0.25, 0.3) is 0 Å². The molecule has 0 aliphatic carbocycles. The molecule has 6 rings (SSSR count). The molecule has 0 spiro atoms. The van der Waals surface area contributed by atoms with Gasteiger partial charge >= 0.3 is 5.97 Å². The van der Waals surface area contributed by atoms with Crippen LogP contribution < -0.4 is 31.2 Å². The number of halogens is 1. The van der Waals surface area contributed by atoms with Gasteiger partial charge in [0.1, 0.15) is 5.75 Å². The first-order valence-electron chi connectivity index (χ1n) is 14.0. The van der Waals surface area contributed by atoms with Crippen LogP contribution in [-0.2, 0) is 11.3 Å². The number of carbonyl (C=O) groups excluding carboxylic acids is 1. The minimum absolute atomic E-state index is 0. The fourth-order valence-corrected chi connectivity index (χ4v) is 5.14. The summed E-state index contributed by atoms with van der Waals surface area (Å²) in [5.41, 5.74) is 7.93. The molecule has 0 N–H and O–H groups in total. The topological polar surface area (TPSA) is 33.4 Å². The lowest BCUT2D eigenvalue weighted by molar-refractivity contribution is -0.662. The number of anilines is 3. The van der Waals surface area contributed by atoms with Crippen molar-refractivity contribution in [3.63, 3.8) is 0 Å². The van der Waals surface area contributed by atoms with E-state index in [2.05, 4.69) is 131 Å². The second-order valence-electron chi connectivity index (χ2n) is 10.1. The molecular formula is C38H31BrN2O2. The van der Waals surface area contributed by atoms with Gasteiger partial charge in [-0.2, -0.15) is 4.57 Å². The quantitative estimate of drug-likeness (QED) is 0.123. The molecule has 0 radical (unpaired) electrons. The first-order valence-corrected chi connectivity index (χ1v) is 14.0. The first kappa shape index (κ1) is 29.5. The maximum Gasteiger partial charge on any atom is 0.308 e. The van der Waals surface area contributed by atoms with Crippen molar-refractivity contribution in [2.75, 3.05) is 4.90 Å². The lowest BCUT2D eigenvalue weighted by Crippen LogP contribution is -3.00. The van der Waals surface area contributed by atoms with E-state index in [1.165, 1.54) is 12.3 Å². The monoisotopic (exact) mass is 626 g/mol. The Balaban J connectivity index is 0.00000368. The molecule has 0 unspecified atom stereocenters. The fourth-order valence-electron chi connectivity index (χ4n) is 5.14. The Kier molecular flexibility index (Phi) is 9.45. The Morgan fingerprint density at radius 2 is 1.26 bits per heavy atom. The second kappa shape index (κ2) is 13.8. The summed E-state index contributed by atoms with van der Waals surface area (Å²) in [6.45, 7) is 2.12. The summed E-state index contributed by atoms with van der Waals surface area (Å²) in [5.74, 6) is 0.242. The van der Waals surface area contributed by atoms with Crippen molar-refractivity contribution in [3.05, 3.63) is 162 Å². The third kappa shape index (κ3) is 7.08. The van der Waals surface area contributed by atoms with Crippen LogP contribution in [0.15, 0.2) is 146 Å². The zero-order chi connectivity index (χ0) is 28.7. The molecule has 5 aromatic carbocycles. The number of nitrogens with zero attached hydrogens (tertiary/aromatic N) is 2. The van der Waals surface area contributed by atoms with Crippen LogP contribution >= 0.6 is 0 Å². The Bertz CT molecular complexity index is 1800. The van der Waals surface area contributed by atoms with Crippen LogP contribution in [0.5, 0.6) is 5.75 Å². The number of ether oxygens (including phenoxy) is 1. The molecule has 0 amide bonds. The van der Waals surface area contributed by atoms with Gasteiger partial charge in [-0.25, -0.2) is 0 Å². The van der Waals surface area contributed by atoms with Crippen molar-refractivity contribution in [1.29, 1.82) is 0 Å². The van der Waals surface area contributed by atoms with Crippen molar-refractivity contribution in [3.8, 4) is 5.75 Å². The van der Waals surface area contributed by atoms with Crippen LogP contribution in [0.25, 0.3) is 23.1 Å². The third-order valence-electron chi connectivity index (χ3n) is 7.13. The van der Waals surface area contributed by atoms with Gasteiger partial charge in [0.2, 0.25) is 5.52 Å². The summed E-state index contributed by atoms with van der Waals surface area (Å²) < 4.78 is 7.41. The molecule has 0 saturated heterocycles. The molecule has 0 bridgehead atoms. The van der Waals surface area contributed by atoms with Gasteiger partial charge in [-0.3, -0.25) is 4.79 Å². The molecular weight excluding hydrogens is 596 g/mol. The van der Waals surface area contributed by atoms with E-state index in [1.807, 2.05) is 36.4 Å². The highest BCUT2D eigenvalue weighted by atomic mass is 79.9. The highest BCUT2D eigenvalue weighted by Crippen LogP contribution is 2.34. The van der Waals surface area contributed by atoms with Gasteiger partial charge in [-0.05, 0) is 77.9 Å². The Morgan fingerprint density at radius 3 is 1.88 bits per heavy atom. The lowest BCUT2D eigenvalue weighted by atomic mass is 10.1. The molecule has 1 heterocycles. The van der Waals surface area contributed by atoms with Crippen LogP contribution in [-0.4, -0.2) is 5.97 Å². The van der Waals surface area contributed by atoms with Crippen molar-refractivity contribution in [1.82, 2.24) is 0 Å². The predicted molar refractivity (Wildman–Crippen MR) is 171 cm³/mol. The van der Waals surface area contributed by atoms with E-state index in [-0.39, 0.29) is 23.0 Å². The smallest absolute Gasteiger partial charge is 0.308 e. The average Bonchev–Trinajstić information content (AvgIpc) is 3.03. The summed E-state index contributed by atoms with van der Waals surface area (Å²) in [6, 6.07) is 47.8. The molecule has 6 aromatic rings. The highest BCUT2D eigenvalue weighted by Gasteiger charge is 2.13. The van der Waals surface area contributed by atoms with Gasteiger partial charge < -0.3 is 26.6 Å². The van der Waals surface area contributed by atoms with Crippen LogP contribution in [0.1, 0.15) is 23.6 Å². The molecule has 0 atom stereocenters. The zero-order valence-corrected chi connectivity index (χ0v) is 25.4. The van der Waals surface area contributed by atoms with E-state index in [4.69, 9.17) is 4.74 Å². The van der Waals surface area contributed by atoms with E-state index in [0.29, 0.717) is 12.3 Å². The van der Waals surface area contributed by atoms with Gasteiger partial charge in [0, 0.05) is 41.7 Å². The summed E-state index contributed by atoms with van der Waals surface area (Å²) in [6.07, 6.45) is 6.48. The molecule has 0 aliphatic rings. The van der Waals surface area contributed by atoms with E-state index in [1.54, 1.807) is 0 Å². The summed E-state index contributed by atoms with van der Waals surface area (Å²) >= 11 is 0. The maximum absolute atomic E-state index is 11.2. The molecule has 4 nitrogen and oxygen atoms in total. The molecule has 0 aliphatic heterocycles. The Labute approximate surface area is 262 Å². The molecule has 0 saturated carbocycles. The number of esters is 1. The third-order valence-corrected chi connectivity index (χ3v) is 7.13. The number of hydrogen-bond donors (Lipinski definition) is 0. The highest BCUT2D eigenvalue weighted by molar-refractivity contribution is 5.89. The van der Waals surface area contributed by atoms with E-state index in [9.17, 15) is 4.79 Å². The van der Waals surface area contributed by atoms with Gasteiger partial charge in [-0.15, -0.1) is 0 Å². The standard InChI is InChI=1S/C38H31N2O2.BrH/c1-29(41)42-36-24-19-31(20-25-36)28-39-27-26-32(37-14-8-9-15-38(37)39)21-16-30-17-22-35(23-18-30)40(33-10-4-2-5-11-33)34-12-6-3-7-13-34;/h2-27H,28H2,1H3;1H/q+1;/p-1. The Morgan fingerprint density at radius 1 is 0.674 bits per heavy atom. The number of rotatable bonds is 8. The maximum atomic E-state index is 11.2. The van der Waals surface area contributed by atoms with Crippen molar-refractivity contribution >= 4 is 46.1 Å². The van der Waals surface area contributed by atoms with Crippen molar-refractivity contribution in [2.24, 2.45) is 0 Å². The van der Waals surface area contributed by atoms with E-state index < -0.39 is 0 Å². The average molecular weight is 628 g/mol. The van der Waals surface area contributed by atoms with Gasteiger partial charge in [0.15, 0.2) is 12.7 Å². The molecule has 0 fully saturated rings. The minimum Gasteiger partial charge on any atom is -1.00 e. The molecule has 5 heteroatoms. The SMILES string of the molecule is CC(=O)Oc1ccc(C[n+]2ccc(/C=C/c3ccc(N(c4ccccc4)c4ccccc4)cc3)c3ccccc32)cc1.[Br-]. The number of carbonyl (C=O) groups is 1. The minimum atomic E-state index is -0.316. The number of hydrogen-bond acceptors (Lipinski definition) is 3. The van der Waals surface area contributed by atoms with Crippen molar-refractivity contribution < 1.29 is 31.1 Å². The molecule has 1 aromatic heterocycles. The van der Waals surface area contributed by atoms with Crippen LogP contribution in [0.3, 0.4) is 0 Å².